The molecule has 1 heterocycles. The predicted octanol–water partition coefficient (Wildman–Crippen LogP) is 5.77. The van der Waals surface area contributed by atoms with Crippen LogP contribution in [0.15, 0.2) is 59.3 Å². The third kappa shape index (κ3) is 4.87. The summed E-state index contributed by atoms with van der Waals surface area (Å²) < 4.78 is 5.67. The first-order valence-corrected chi connectivity index (χ1v) is 12.0. The van der Waals surface area contributed by atoms with E-state index in [9.17, 15) is 14.4 Å². The second kappa shape index (κ2) is 9.63. The Morgan fingerprint density at radius 1 is 0.971 bits per heavy atom. The minimum Gasteiger partial charge on any atom is -0.423 e. The highest BCUT2D eigenvalue weighted by Crippen LogP contribution is 2.33. The van der Waals surface area contributed by atoms with Gasteiger partial charge in [-0.25, -0.2) is 4.79 Å². The van der Waals surface area contributed by atoms with Crippen LogP contribution in [0.2, 0.25) is 0 Å². The number of rotatable bonds is 5. The van der Waals surface area contributed by atoms with Gasteiger partial charge in [-0.3, -0.25) is 14.5 Å². The number of nitrogens with one attached hydrogen (secondary N) is 1. The molecule has 2 aromatic carbocycles. The van der Waals surface area contributed by atoms with E-state index in [0.717, 1.165) is 37.7 Å². The standard InChI is InChI=1S/C27H29ClN2O4/c1-27(2,3)20-11-7-8-12-21(20)34-26(33)17-13-15-18(16-14-17)29-23-22(28)24(31)30(25(23)32)19-9-5-4-6-10-19/h7-8,11-16,19,29H,4-6,9-10H2,1-3H3. The number of imide groups is 1. The van der Waals surface area contributed by atoms with Crippen molar-refractivity contribution in [3.63, 3.8) is 0 Å². The van der Waals surface area contributed by atoms with Crippen LogP contribution in [-0.4, -0.2) is 28.7 Å². The monoisotopic (exact) mass is 480 g/mol. The van der Waals surface area contributed by atoms with Gasteiger partial charge < -0.3 is 10.1 Å². The van der Waals surface area contributed by atoms with Gasteiger partial charge in [0.1, 0.15) is 16.5 Å². The van der Waals surface area contributed by atoms with Crippen molar-refractivity contribution in [2.24, 2.45) is 0 Å². The molecule has 0 radical (unpaired) electrons. The van der Waals surface area contributed by atoms with E-state index in [1.807, 2.05) is 18.2 Å². The molecule has 34 heavy (non-hydrogen) atoms. The van der Waals surface area contributed by atoms with Crippen LogP contribution in [0.1, 0.15) is 68.8 Å². The van der Waals surface area contributed by atoms with Gasteiger partial charge in [-0.05, 0) is 48.6 Å². The van der Waals surface area contributed by atoms with Crippen LogP contribution < -0.4 is 10.1 Å². The molecule has 1 N–H and O–H groups in total. The highest BCUT2D eigenvalue weighted by atomic mass is 35.5. The lowest BCUT2D eigenvalue weighted by Gasteiger charge is -2.29. The summed E-state index contributed by atoms with van der Waals surface area (Å²) in [4.78, 5) is 39.6. The van der Waals surface area contributed by atoms with Gasteiger partial charge >= 0.3 is 5.97 Å². The molecule has 0 spiro atoms. The quantitative estimate of drug-likeness (QED) is 0.334. The molecule has 0 aromatic heterocycles. The Kier molecular flexibility index (Phi) is 6.80. The molecule has 1 fully saturated rings. The Balaban J connectivity index is 1.46. The largest absolute Gasteiger partial charge is 0.423 e. The lowest BCUT2D eigenvalue weighted by atomic mass is 9.86. The summed E-state index contributed by atoms with van der Waals surface area (Å²) in [5.74, 6) is -0.795. The van der Waals surface area contributed by atoms with Crippen molar-refractivity contribution in [3.05, 3.63) is 70.4 Å². The van der Waals surface area contributed by atoms with Crippen molar-refractivity contribution in [2.75, 3.05) is 5.32 Å². The van der Waals surface area contributed by atoms with Crippen LogP contribution in [0.4, 0.5) is 5.69 Å². The molecule has 0 unspecified atom stereocenters. The summed E-state index contributed by atoms with van der Waals surface area (Å²) in [5, 5.41) is 2.87. The Morgan fingerprint density at radius 2 is 1.62 bits per heavy atom. The summed E-state index contributed by atoms with van der Waals surface area (Å²) in [7, 11) is 0. The third-order valence-corrected chi connectivity index (χ3v) is 6.64. The van der Waals surface area contributed by atoms with Crippen molar-refractivity contribution in [3.8, 4) is 5.75 Å². The number of esters is 1. The minimum absolute atomic E-state index is 0.0756. The first-order valence-electron chi connectivity index (χ1n) is 11.6. The van der Waals surface area contributed by atoms with E-state index >= 15 is 0 Å². The van der Waals surface area contributed by atoms with E-state index in [1.54, 1.807) is 30.3 Å². The van der Waals surface area contributed by atoms with Gasteiger partial charge in [0.05, 0.1) is 5.56 Å². The predicted molar refractivity (Wildman–Crippen MR) is 132 cm³/mol. The number of hydrogen-bond acceptors (Lipinski definition) is 5. The van der Waals surface area contributed by atoms with Crippen molar-refractivity contribution >= 4 is 35.1 Å². The number of benzene rings is 2. The molecular formula is C27H29ClN2O4. The third-order valence-electron chi connectivity index (χ3n) is 6.29. The maximum atomic E-state index is 12.9. The molecule has 6 nitrogen and oxygen atoms in total. The first kappa shape index (κ1) is 24.0. The zero-order chi connectivity index (χ0) is 24.5. The zero-order valence-corrected chi connectivity index (χ0v) is 20.4. The maximum absolute atomic E-state index is 12.9. The van der Waals surface area contributed by atoms with Crippen molar-refractivity contribution in [2.45, 2.75) is 64.3 Å². The molecule has 0 saturated heterocycles. The molecule has 1 saturated carbocycles. The molecule has 2 amide bonds. The SMILES string of the molecule is CC(C)(C)c1ccccc1OC(=O)c1ccc(NC2=C(Cl)C(=O)N(C3CCCCC3)C2=O)cc1. The molecule has 2 aliphatic rings. The van der Waals surface area contributed by atoms with Crippen molar-refractivity contribution < 1.29 is 19.1 Å². The molecule has 0 atom stereocenters. The minimum atomic E-state index is -0.476. The average Bonchev–Trinajstić information content (AvgIpc) is 3.02. The van der Waals surface area contributed by atoms with E-state index < -0.39 is 17.8 Å². The van der Waals surface area contributed by atoms with E-state index in [-0.39, 0.29) is 22.2 Å². The first-order chi connectivity index (χ1) is 16.2. The number of carbonyl (C=O) groups is 3. The fraction of sp³-hybridized carbons (Fsp3) is 0.370. The van der Waals surface area contributed by atoms with Crippen LogP contribution in [0.3, 0.4) is 0 Å². The second-order valence-electron chi connectivity index (χ2n) is 9.80. The van der Waals surface area contributed by atoms with Gasteiger partial charge in [-0.15, -0.1) is 0 Å². The van der Waals surface area contributed by atoms with E-state index in [4.69, 9.17) is 16.3 Å². The maximum Gasteiger partial charge on any atom is 0.343 e. The smallest absolute Gasteiger partial charge is 0.343 e. The average molecular weight is 481 g/mol. The van der Waals surface area contributed by atoms with Crippen LogP contribution in [0.25, 0.3) is 0 Å². The van der Waals surface area contributed by atoms with Crippen molar-refractivity contribution in [1.29, 1.82) is 0 Å². The number of nitrogens with zero attached hydrogens (tertiary/aromatic N) is 1. The lowest BCUT2D eigenvalue weighted by molar-refractivity contribution is -0.140. The number of anilines is 1. The summed E-state index contributed by atoms with van der Waals surface area (Å²) >= 11 is 6.24. The van der Waals surface area contributed by atoms with Gasteiger partial charge in [0.15, 0.2) is 0 Å². The van der Waals surface area contributed by atoms with Crippen LogP contribution >= 0.6 is 11.6 Å². The summed E-state index contributed by atoms with van der Waals surface area (Å²) in [6, 6.07) is 13.9. The number of halogens is 1. The molecular weight excluding hydrogens is 452 g/mol. The van der Waals surface area contributed by atoms with Gasteiger partial charge in [0.2, 0.25) is 0 Å². The summed E-state index contributed by atoms with van der Waals surface area (Å²) in [6.07, 6.45) is 4.74. The normalized spacial score (nSPS) is 17.4. The van der Waals surface area contributed by atoms with Crippen LogP contribution in [0.5, 0.6) is 5.75 Å². The van der Waals surface area contributed by atoms with Gasteiger partial charge in [0, 0.05) is 17.3 Å². The molecule has 0 bridgehead atoms. The Labute approximate surface area is 204 Å². The fourth-order valence-corrected chi connectivity index (χ4v) is 4.69. The zero-order valence-electron chi connectivity index (χ0n) is 19.7. The van der Waals surface area contributed by atoms with Crippen LogP contribution in [0, 0.1) is 0 Å². The molecule has 1 aliphatic heterocycles. The molecule has 1 aliphatic carbocycles. The summed E-state index contributed by atoms with van der Waals surface area (Å²) in [6.45, 7) is 6.18. The molecule has 4 rings (SSSR count). The Bertz CT molecular complexity index is 1140. The second-order valence-corrected chi connectivity index (χ2v) is 10.2. The number of hydrogen-bond donors (Lipinski definition) is 1. The molecule has 178 valence electrons. The Morgan fingerprint density at radius 3 is 2.26 bits per heavy atom. The lowest BCUT2D eigenvalue weighted by Crippen LogP contribution is -2.42. The van der Waals surface area contributed by atoms with E-state index in [1.165, 1.54) is 4.90 Å². The van der Waals surface area contributed by atoms with Gasteiger partial charge in [-0.2, -0.15) is 0 Å². The highest BCUT2D eigenvalue weighted by Gasteiger charge is 2.42. The highest BCUT2D eigenvalue weighted by molar-refractivity contribution is 6.48. The molecule has 2 aromatic rings. The number of para-hydroxylation sites is 1. The van der Waals surface area contributed by atoms with E-state index in [2.05, 4.69) is 26.1 Å². The van der Waals surface area contributed by atoms with Crippen LogP contribution in [-0.2, 0) is 15.0 Å². The summed E-state index contributed by atoms with van der Waals surface area (Å²) in [5.41, 5.74) is 1.76. The Hall–Kier alpha value is -3.12. The fourth-order valence-electron chi connectivity index (χ4n) is 4.47. The number of amides is 2. The molecule has 7 heteroatoms. The van der Waals surface area contributed by atoms with Gasteiger partial charge in [0.25, 0.3) is 11.8 Å². The van der Waals surface area contributed by atoms with E-state index in [0.29, 0.717) is 17.0 Å². The number of carbonyl (C=O) groups excluding carboxylic acids is 3. The van der Waals surface area contributed by atoms with Crippen molar-refractivity contribution in [1.82, 2.24) is 4.90 Å². The topological polar surface area (TPSA) is 75.7 Å². The number of ether oxygens (including phenoxy) is 1. The van der Waals surface area contributed by atoms with Gasteiger partial charge in [-0.1, -0.05) is 69.8 Å².